The van der Waals surface area contributed by atoms with Crippen LogP contribution in [0.2, 0.25) is 0 Å². The predicted molar refractivity (Wildman–Crippen MR) is 95.9 cm³/mol. The maximum absolute atomic E-state index is 14.5. The third kappa shape index (κ3) is 4.34. The highest BCUT2D eigenvalue weighted by Gasteiger charge is 2.38. The zero-order valence-corrected chi connectivity index (χ0v) is 15.8. The summed E-state index contributed by atoms with van der Waals surface area (Å²) in [5.74, 6) is -0.971. The molecule has 2 fully saturated rings. The molecule has 2 aliphatic rings. The summed E-state index contributed by atoms with van der Waals surface area (Å²) in [7, 11) is 0. The van der Waals surface area contributed by atoms with Gasteiger partial charge in [0.15, 0.2) is 0 Å². The summed E-state index contributed by atoms with van der Waals surface area (Å²) in [6.45, 7) is 7.97. The van der Waals surface area contributed by atoms with Crippen LogP contribution in [-0.2, 0) is 4.74 Å². The van der Waals surface area contributed by atoms with E-state index in [1.165, 1.54) is 18.9 Å². The Morgan fingerprint density at radius 1 is 1.15 bits per heavy atom. The molecule has 0 bridgehead atoms. The number of ether oxygens (including phenoxy) is 1. The topological polar surface area (TPSA) is 32.8 Å². The van der Waals surface area contributed by atoms with Crippen LogP contribution < -0.4 is 0 Å². The fraction of sp³-hybridized carbons (Fsp3) is 0.650. The summed E-state index contributed by atoms with van der Waals surface area (Å²) < 4.78 is 33.8. The molecule has 4 nitrogen and oxygen atoms in total. The van der Waals surface area contributed by atoms with Gasteiger partial charge in [-0.2, -0.15) is 0 Å². The lowest BCUT2D eigenvalue weighted by Gasteiger charge is -2.43. The highest BCUT2D eigenvalue weighted by Crippen LogP contribution is 2.36. The van der Waals surface area contributed by atoms with E-state index < -0.39 is 29.4 Å². The van der Waals surface area contributed by atoms with Crippen LogP contribution in [0.4, 0.5) is 13.6 Å². The van der Waals surface area contributed by atoms with E-state index in [2.05, 4.69) is 4.90 Å². The van der Waals surface area contributed by atoms with Crippen LogP contribution in [0.3, 0.4) is 0 Å². The van der Waals surface area contributed by atoms with Gasteiger partial charge in [0.1, 0.15) is 17.2 Å². The van der Waals surface area contributed by atoms with Gasteiger partial charge in [-0.25, -0.2) is 13.6 Å². The van der Waals surface area contributed by atoms with Gasteiger partial charge in [0.05, 0.1) is 6.04 Å². The minimum absolute atomic E-state index is 0.236. The number of piperidine rings is 1. The van der Waals surface area contributed by atoms with Gasteiger partial charge in [-0.15, -0.1) is 0 Å². The van der Waals surface area contributed by atoms with Crippen LogP contribution in [0.1, 0.15) is 58.1 Å². The molecule has 6 heteroatoms. The third-order valence-corrected chi connectivity index (χ3v) is 5.18. The molecule has 26 heavy (non-hydrogen) atoms. The molecule has 2 heterocycles. The maximum atomic E-state index is 14.5. The molecule has 0 aliphatic carbocycles. The van der Waals surface area contributed by atoms with Gasteiger partial charge < -0.3 is 14.5 Å². The quantitative estimate of drug-likeness (QED) is 0.772. The van der Waals surface area contributed by atoms with Crippen molar-refractivity contribution in [3.63, 3.8) is 0 Å². The predicted octanol–water partition coefficient (Wildman–Crippen LogP) is 4.50. The first-order valence-electron chi connectivity index (χ1n) is 9.43. The first kappa shape index (κ1) is 19.1. The molecule has 1 aromatic rings. The summed E-state index contributed by atoms with van der Waals surface area (Å²) in [5.41, 5.74) is -0.395. The Morgan fingerprint density at radius 2 is 1.85 bits per heavy atom. The summed E-state index contributed by atoms with van der Waals surface area (Å²) in [4.78, 5) is 16.7. The fourth-order valence-corrected chi connectivity index (χ4v) is 3.99. The lowest BCUT2D eigenvalue weighted by atomic mass is 9.91. The second-order valence-electron chi connectivity index (χ2n) is 8.28. The monoisotopic (exact) mass is 366 g/mol. The van der Waals surface area contributed by atoms with Crippen molar-refractivity contribution in [2.45, 2.75) is 64.1 Å². The molecule has 0 unspecified atom stereocenters. The van der Waals surface area contributed by atoms with E-state index in [0.29, 0.717) is 13.0 Å². The number of hydrogen-bond donors (Lipinski definition) is 0. The lowest BCUT2D eigenvalue weighted by molar-refractivity contribution is -0.000642. The Balaban J connectivity index is 1.87. The Hall–Kier alpha value is -1.69. The minimum Gasteiger partial charge on any atom is -0.444 e. The van der Waals surface area contributed by atoms with E-state index in [9.17, 15) is 13.6 Å². The van der Waals surface area contributed by atoms with Gasteiger partial charge in [0, 0.05) is 18.2 Å². The molecule has 2 atom stereocenters. The fourth-order valence-electron chi connectivity index (χ4n) is 3.99. The van der Waals surface area contributed by atoms with Crippen LogP contribution in [0.5, 0.6) is 0 Å². The molecular weight excluding hydrogens is 338 g/mol. The number of benzene rings is 1. The first-order chi connectivity index (χ1) is 12.2. The average molecular weight is 366 g/mol. The van der Waals surface area contributed by atoms with Crippen molar-refractivity contribution in [1.29, 1.82) is 0 Å². The van der Waals surface area contributed by atoms with Crippen LogP contribution >= 0.6 is 0 Å². The van der Waals surface area contributed by atoms with Crippen LogP contribution in [-0.4, -0.2) is 47.2 Å². The second kappa shape index (κ2) is 7.51. The summed E-state index contributed by atoms with van der Waals surface area (Å²) in [6, 6.07) is 3.22. The van der Waals surface area contributed by atoms with Crippen molar-refractivity contribution < 1.29 is 18.3 Å². The molecule has 0 radical (unpaired) electrons. The molecule has 144 valence electrons. The largest absolute Gasteiger partial charge is 0.444 e. The molecule has 0 N–H and O–H groups in total. The van der Waals surface area contributed by atoms with Gasteiger partial charge in [-0.05, 0) is 77.7 Å². The van der Waals surface area contributed by atoms with Crippen molar-refractivity contribution >= 4 is 6.09 Å². The number of nitrogens with zero attached hydrogens (tertiary/aromatic N) is 2. The number of carbonyl (C=O) groups excluding carboxylic acids is 1. The molecular formula is C20H28F2N2O2. The molecule has 0 saturated carbocycles. The molecule has 3 rings (SSSR count). The number of rotatable bonds is 2. The Labute approximate surface area is 154 Å². The summed E-state index contributed by atoms with van der Waals surface area (Å²) in [5, 5.41) is 0. The van der Waals surface area contributed by atoms with E-state index in [1.807, 2.05) is 0 Å². The molecule has 2 aliphatic heterocycles. The number of halogens is 2. The SMILES string of the molecule is CC(C)(C)OC(=O)N1CC[C@@H](N2CCCC2)C[C@H]1c1cc(F)ccc1F. The van der Waals surface area contributed by atoms with E-state index in [1.54, 1.807) is 25.7 Å². The normalized spacial score (nSPS) is 24.7. The zero-order chi connectivity index (χ0) is 18.9. The molecule has 1 aromatic carbocycles. The summed E-state index contributed by atoms with van der Waals surface area (Å²) in [6.07, 6.45) is 3.30. The van der Waals surface area contributed by atoms with Crippen molar-refractivity contribution in [1.82, 2.24) is 9.80 Å². The maximum Gasteiger partial charge on any atom is 0.410 e. The van der Waals surface area contributed by atoms with Crippen LogP contribution in [0.15, 0.2) is 18.2 Å². The van der Waals surface area contributed by atoms with Gasteiger partial charge in [-0.3, -0.25) is 0 Å². The minimum atomic E-state index is -0.631. The van der Waals surface area contributed by atoms with Gasteiger partial charge in [0.25, 0.3) is 0 Å². The number of amides is 1. The summed E-state index contributed by atoms with van der Waals surface area (Å²) >= 11 is 0. The highest BCUT2D eigenvalue weighted by molar-refractivity contribution is 5.69. The standard InChI is InChI=1S/C20H28F2N2O2/c1-20(2,3)26-19(25)24-11-8-15(23-9-4-5-10-23)13-18(24)16-12-14(21)6-7-17(16)22/h6-7,12,15,18H,4-5,8-11,13H2,1-3H3/t15-,18+/m1/s1. The highest BCUT2D eigenvalue weighted by atomic mass is 19.1. The Kier molecular flexibility index (Phi) is 5.51. The van der Waals surface area contributed by atoms with Gasteiger partial charge in [0.2, 0.25) is 0 Å². The third-order valence-electron chi connectivity index (χ3n) is 5.18. The molecule has 2 saturated heterocycles. The average Bonchev–Trinajstić information content (AvgIpc) is 3.09. The van der Waals surface area contributed by atoms with Gasteiger partial charge >= 0.3 is 6.09 Å². The first-order valence-corrected chi connectivity index (χ1v) is 9.43. The molecule has 0 aromatic heterocycles. The number of carbonyl (C=O) groups is 1. The Bertz CT molecular complexity index is 654. The van der Waals surface area contributed by atoms with Crippen molar-refractivity contribution in [3.8, 4) is 0 Å². The van der Waals surface area contributed by atoms with E-state index in [4.69, 9.17) is 4.74 Å². The van der Waals surface area contributed by atoms with E-state index >= 15 is 0 Å². The second-order valence-corrected chi connectivity index (χ2v) is 8.28. The van der Waals surface area contributed by atoms with Crippen molar-refractivity contribution in [2.24, 2.45) is 0 Å². The van der Waals surface area contributed by atoms with Crippen LogP contribution in [0, 0.1) is 11.6 Å². The zero-order valence-electron chi connectivity index (χ0n) is 15.8. The van der Waals surface area contributed by atoms with Crippen molar-refractivity contribution in [2.75, 3.05) is 19.6 Å². The molecule has 1 amide bonds. The smallest absolute Gasteiger partial charge is 0.410 e. The van der Waals surface area contributed by atoms with Crippen LogP contribution in [0.25, 0.3) is 0 Å². The van der Waals surface area contributed by atoms with E-state index in [-0.39, 0.29) is 11.6 Å². The Morgan fingerprint density at radius 3 is 2.50 bits per heavy atom. The van der Waals surface area contributed by atoms with Gasteiger partial charge in [-0.1, -0.05) is 0 Å². The number of likely N-dealkylation sites (tertiary alicyclic amines) is 2. The lowest BCUT2D eigenvalue weighted by Crippen LogP contribution is -2.49. The van der Waals surface area contributed by atoms with Crippen molar-refractivity contribution in [3.05, 3.63) is 35.4 Å². The van der Waals surface area contributed by atoms with E-state index in [0.717, 1.165) is 31.6 Å². The molecule has 0 spiro atoms. The number of hydrogen-bond acceptors (Lipinski definition) is 3.